The lowest BCUT2D eigenvalue weighted by Gasteiger charge is -2.25. The summed E-state index contributed by atoms with van der Waals surface area (Å²) in [5.41, 5.74) is 3.64. The number of oxazole rings is 1. The Hall–Kier alpha value is -3.62. The summed E-state index contributed by atoms with van der Waals surface area (Å²) >= 11 is 0. The molecule has 3 aromatic rings. The van der Waals surface area contributed by atoms with E-state index in [0.29, 0.717) is 36.6 Å². The first-order valence-corrected chi connectivity index (χ1v) is 11.9. The molecule has 0 spiro atoms. The molecule has 2 aromatic heterocycles. The number of carbonyl (C=O) groups excluding carboxylic acids is 1. The Labute approximate surface area is 197 Å². The number of aliphatic carboxylic acids is 1. The summed E-state index contributed by atoms with van der Waals surface area (Å²) in [6.07, 6.45) is 4.01. The van der Waals surface area contributed by atoms with Gasteiger partial charge >= 0.3 is 12.0 Å². The van der Waals surface area contributed by atoms with Crippen LogP contribution in [0.4, 0.5) is 10.6 Å². The van der Waals surface area contributed by atoms with Crippen LogP contribution in [0.3, 0.4) is 0 Å². The van der Waals surface area contributed by atoms with Crippen molar-refractivity contribution < 1.29 is 19.1 Å². The highest BCUT2D eigenvalue weighted by molar-refractivity contribution is 5.77. The Morgan fingerprint density at radius 1 is 1.18 bits per heavy atom. The number of urea groups is 1. The lowest BCUT2D eigenvalue weighted by molar-refractivity contribution is -0.137. The molecule has 0 saturated carbocycles. The van der Waals surface area contributed by atoms with E-state index in [1.165, 1.54) is 5.56 Å². The van der Waals surface area contributed by atoms with Crippen molar-refractivity contribution in [3.05, 3.63) is 53.5 Å². The number of nitrogens with zero attached hydrogens (tertiary/aromatic N) is 4. The molecule has 1 aromatic carbocycles. The molecule has 34 heavy (non-hydrogen) atoms. The molecule has 9 nitrogen and oxygen atoms in total. The van der Waals surface area contributed by atoms with Gasteiger partial charge in [-0.05, 0) is 55.9 Å². The zero-order valence-electron chi connectivity index (χ0n) is 19.1. The summed E-state index contributed by atoms with van der Waals surface area (Å²) in [4.78, 5) is 37.3. The standard InChI is InChI=1S/C25H29N5O4/c31-22(32)12-11-20(24-28-19-7-1-2-8-21(19)34-24)30-16-15-29(25(30)33)14-4-6-18-10-9-17-5-3-13-26-23(17)27-18/h1-2,7-10,20H,3-6,11-16H2,(H,26,27)(H,31,32). The first-order chi connectivity index (χ1) is 16.6. The van der Waals surface area contributed by atoms with Gasteiger partial charge in [0.15, 0.2) is 5.58 Å². The smallest absolute Gasteiger partial charge is 0.320 e. The molecule has 2 aliphatic heterocycles. The molecule has 178 valence electrons. The summed E-state index contributed by atoms with van der Waals surface area (Å²) in [5.74, 6) is 0.479. The van der Waals surface area contributed by atoms with Crippen LogP contribution in [0.5, 0.6) is 0 Å². The number of fused-ring (bicyclic) bond motifs is 2. The Morgan fingerprint density at radius 2 is 2.06 bits per heavy atom. The zero-order valence-corrected chi connectivity index (χ0v) is 19.1. The van der Waals surface area contributed by atoms with Gasteiger partial charge in [-0.15, -0.1) is 0 Å². The molecular weight excluding hydrogens is 434 g/mol. The van der Waals surface area contributed by atoms with Crippen LogP contribution in [-0.4, -0.2) is 63.1 Å². The Morgan fingerprint density at radius 3 is 2.91 bits per heavy atom. The van der Waals surface area contributed by atoms with Crippen molar-refractivity contribution in [2.24, 2.45) is 0 Å². The van der Waals surface area contributed by atoms with Crippen LogP contribution in [0.2, 0.25) is 0 Å². The monoisotopic (exact) mass is 463 g/mol. The predicted molar refractivity (Wildman–Crippen MR) is 127 cm³/mol. The number of pyridine rings is 1. The first-order valence-electron chi connectivity index (χ1n) is 11.9. The van der Waals surface area contributed by atoms with Crippen molar-refractivity contribution in [2.45, 2.75) is 44.6 Å². The molecular formula is C25H29N5O4. The van der Waals surface area contributed by atoms with E-state index in [-0.39, 0.29) is 18.9 Å². The molecule has 2 amide bonds. The number of carboxylic acids is 1. The molecule has 5 rings (SSSR count). The van der Waals surface area contributed by atoms with Gasteiger partial charge in [0.2, 0.25) is 5.89 Å². The Kier molecular flexibility index (Phi) is 6.33. The van der Waals surface area contributed by atoms with E-state index in [4.69, 9.17) is 9.40 Å². The number of nitrogens with one attached hydrogen (secondary N) is 1. The van der Waals surface area contributed by atoms with Crippen molar-refractivity contribution in [1.29, 1.82) is 0 Å². The van der Waals surface area contributed by atoms with Crippen molar-refractivity contribution in [1.82, 2.24) is 19.8 Å². The third kappa shape index (κ3) is 4.69. The van der Waals surface area contributed by atoms with E-state index >= 15 is 0 Å². The maximum Gasteiger partial charge on any atom is 0.320 e. The maximum absolute atomic E-state index is 13.2. The minimum atomic E-state index is -0.906. The van der Waals surface area contributed by atoms with Crippen LogP contribution in [-0.2, 0) is 17.6 Å². The normalized spacial score (nSPS) is 16.5. The molecule has 9 heteroatoms. The molecule has 1 saturated heterocycles. The Bertz CT molecular complexity index is 1160. The number of aromatic nitrogens is 2. The largest absolute Gasteiger partial charge is 0.481 e. The number of aryl methyl sites for hydroxylation is 2. The fraction of sp³-hybridized carbons (Fsp3) is 0.440. The predicted octanol–water partition coefficient (Wildman–Crippen LogP) is 3.86. The second-order valence-corrected chi connectivity index (χ2v) is 8.88. The average molecular weight is 464 g/mol. The van der Waals surface area contributed by atoms with Gasteiger partial charge in [0.25, 0.3) is 0 Å². The highest BCUT2D eigenvalue weighted by atomic mass is 16.4. The SMILES string of the molecule is O=C(O)CCC(c1nc2ccccc2o1)N1CCN(CCCc2ccc3c(n2)NCCC3)C1=O. The molecule has 1 unspecified atom stereocenters. The van der Waals surface area contributed by atoms with Crippen molar-refractivity contribution in [3.63, 3.8) is 0 Å². The quantitative estimate of drug-likeness (QED) is 0.496. The fourth-order valence-electron chi connectivity index (χ4n) is 4.76. The lowest BCUT2D eigenvalue weighted by atomic mass is 10.1. The minimum Gasteiger partial charge on any atom is -0.481 e. The summed E-state index contributed by atoms with van der Waals surface area (Å²) in [7, 11) is 0. The van der Waals surface area contributed by atoms with E-state index < -0.39 is 12.0 Å². The molecule has 2 aliphatic rings. The summed E-state index contributed by atoms with van der Waals surface area (Å²) in [5, 5.41) is 12.6. The van der Waals surface area contributed by atoms with Gasteiger partial charge in [-0.3, -0.25) is 4.79 Å². The number of rotatable bonds is 9. The van der Waals surface area contributed by atoms with E-state index in [9.17, 15) is 14.7 Å². The number of anilines is 1. The van der Waals surface area contributed by atoms with E-state index in [2.05, 4.69) is 22.4 Å². The first kappa shape index (κ1) is 22.2. The molecule has 0 aliphatic carbocycles. The van der Waals surface area contributed by atoms with Gasteiger partial charge in [0.1, 0.15) is 17.4 Å². The van der Waals surface area contributed by atoms with Crippen LogP contribution in [0.15, 0.2) is 40.8 Å². The fourth-order valence-corrected chi connectivity index (χ4v) is 4.76. The molecule has 1 atom stereocenters. The second-order valence-electron chi connectivity index (χ2n) is 8.88. The van der Waals surface area contributed by atoms with Crippen LogP contribution in [0.25, 0.3) is 11.1 Å². The van der Waals surface area contributed by atoms with Crippen LogP contribution >= 0.6 is 0 Å². The van der Waals surface area contributed by atoms with E-state index in [1.54, 1.807) is 4.90 Å². The lowest BCUT2D eigenvalue weighted by Crippen LogP contribution is -2.35. The molecule has 1 fully saturated rings. The summed E-state index contributed by atoms with van der Waals surface area (Å²) in [6.45, 7) is 2.70. The van der Waals surface area contributed by atoms with Crippen LogP contribution in [0, 0.1) is 0 Å². The van der Waals surface area contributed by atoms with Gasteiger partial charge in [0.05, 0.1) is 0 Å². The molecule has 0 bridgehead atoms. The summed E-state index contributed by atoms with van der Waals surface area (Å²) < 4.78 is 5.91. The van der Waals surface area contributed by atoms with E-state index in [1.807, 2.05) is 29.2 Å². The third-order valence-electron chi connectivity index (χ3n) is 6.54. The number of benzene rings is 1. The van der Waals surface area contributed by atoms with E-state index in [0.717, 1.165) is 43.7 Å². The van der Waals surface area contributed by atoms with Crippen molar-refractivity contribution >= 4 is 28.9 Å². The maximum atomic E-state index is 13.2. The number of para-hydroxylation sites is 2. The topological polar surface area (TPSA) is 112 Å². The minimum absolute atomic E-state index is 0.0643. The Balaban J connectivity index is 1.23. The van der Waals surface area contributed by atoms with Gasteiger partial charge in [0, 0.05) is 38.3 Å². The van der Waals surface area contributed by atoms with Gasteiger partial charge in [-0.25, -0.2) is 14.8 Å². The van der Waals surface area contributed by atoms with Gasteiger partial charge in [-0.1, -0.05) is 18.2 Å². The average Bonchev–Trinajstić information content (AvgIpc) is 3.43. The highest BCUT2D eigenvalue weighted by Crippen LogP contribution is 2.31. The van der Waals surface area contributed by atoms with Gasteiger partial charge in [-0.2, -0.15) is 0 Å². The zero-order chi connectivity index (χ0) is 23.5. The third-order valence-corrected chi connectivity index (χ3v) is 6.54. The number of hydrogen-bond donors (Lipinski definition) is 2. The van der Waals surface area contributed by atoms with Crippen LogP contribution in [0.1, 0.15) is 48.9 Å². The van der Waals surface area contributed by atoms with Crippen LogP contribution < -0.4 is 5.32 Å². The molecule has 0 radical (unpaired) electrons. The summed E-state index contributed by atoms with van der Waals surface area (Å²) in [6, 6.07) is 11.0. The molecule has 2 N–H and O–H groups in total. The molecule has 4 heterocycles. The second kappa shape index (κ2) is 9.70. The van der Waals surface area contributed by atoms with Crippen molar-refractivity contribution in [3.8, 4) is 0 Å². The number of carbonyl (C=O) groups is 2. The van der Waals surface area contributed by atoms with Gasteiger partial charge < -0.3 is 24.6 Å². The highest BCUT2D eigenvalue weighted by Gasteiger charge is 2.36. The number of hydrogen-bond acceptors (Lipinski definition) is 6. The number of carboxylic acid groups (broad SMARTS) is 1. The van der Waals surface area contributed by atoms with Crippen molar-refractivity contribution in [2.75, 3.05) is 31.5 Å². The number of amides is 2.